The first-order chi connectivity index (χ1) is 9.42. The Kier molecular flexibility index (Phi) is 2.12. The minimum atomic E-state index is 0.913. The standard InChI is InChI=1S/C16H11N3/c1-2-6-13-11-14(10-9-12(13)5-1)19-16-8-4-3-7-15(16)17-18-19/h1-11H. The van der Waals surface area contributed by atoms with Crippen molar-refractivity contribution in [2.45, 2.75) is 0 Å². The maximum Gasteiger partial charge on any atom is 0.113 e. The van der Waals surface area contributed by atoms with Gasteiger partial charge in [-0.1, -0.05) is 47.7 Å². The molecule has 19 heavy (non-hydrogen) atoms. The zero-order chi connectivity index (χ0) is 12.7. The van der Waals surface area contributed by atoms with Crippen molar-refractivity contribution < 1.29 is 0 Å². The van der Waals surface area contributed by atoms with Crippen LogP contribution in [0.2, 0.25) is 0 Å². The van der Waals surface area contributed by atoms with Gasteiger partial charge in [-0.2, -0.15) is 0 Å². The SMILES string of the molecule is c1ccc2cc(-n3nnc4ccccc43)ccc2c1. The van der Waals surface area contributed by atoms with E-state index in [-0.39, 0.29) is 0 Å². The molecule has 3 heteroatoms. The van der Waals surface area contributed by atoms with Gasteiger partial charge in [-0.25, -0.2) is 4.68 Å². The quantitative estimate of drug-likeness (QED) is 0.513. The van der Waals surface area contributed by atoms with Crippen molar-refractivity contribution in [2.75, 3.05) is 0 Å². The Balaban J connectivity index is 1.99. The van der Waals surface area contributed by atoms with Crippen LogP contribution in [0.4, 0.5) is 0 Å². The molecule has 0 saturated heterocycles. The Bertz CT molecular complexity index is 877. The molecule has 0 aliphatic rings. The molecule has 4 aromatic rings. The first-order valence-electron chi connectivity index (χ1n) is 6.21. The summed E-state index contributed by atoms with van der Waals surface area (Å²) in [5.74, 6) is 0. The van der Waals surface area contributed by atoms with Gasteiger partial charge in [0.25, 0.3) is 0 Å². The highest BCUT2D eigenvalue weighted by Gasteiger charge is 2.05. The highest BCUT2D eigenvalue weighted by Crippen LogP contribution is 2.20. The Morgan fingerprint density at radius 1 is 0.737 bits per heavy atom. The molecule has 3 aromatic carbocycles. The molecular weight excluding hydrogens is 234 g/mol. The molecule has 3 nitrogen and oxygen atoms in total. The molecule has 1 aromatic heterocycles. The number of nitrogens with zero attached hydrogens (tertiary/aromatic N) is 3. The van der Waals surface area contributed by atoms with E-state index in [2.05, 4.69) is 40.6 Å². The molecule has 90 valence electrons. The van der Waals surface area contributed by atoms with E-state index in [4.69, 9.17) is 0 Å². The summed E-state index contributed by atoms with van der Waals surface area (Å²) in [6.07, 6.45) is 0. The molecule has 0 atom stereocenters. The summed E-state index contributed by atoms with van der Waals surface area (Å²) >= 11 is 0. The van der Waals surface area contributed by atoms with E-state index < -0.39 is 0 Å². The second-order valence-corrected chi connectivity index (χ2v) is 4.52. The zero-order valence-corrected chi connectivity index (χ0v) is 10.2. The predicted molar refractivity (Wildman–Crippen MR) is 76.4 cm³/mol. The molecule has 0 amide bonds. The molecule has 0 fully saturated rings. The number of hydrogen-bond acceptors (Lipinski definition) is 2. The van der Waals surface area contributed by atoms with E-state index >= 15 is 0 Å². The van der Waals surface area contributed by atoms with Crippen LogP contribution in [0, 0.1) is 0 Å². The van der Waals surface area contributed by atoms with Crippen molar-refractivity contribution in [3.05, 3.63) is 66.7 Å². The number of fused-ring (bicyclic) bond motifs is 2. The molecule has 0 saturated carbocycles. The van der Waals surface area contributed by atoms with Crippen LogP contribution in [0.5, 0.6) is 0 Å². The van der Waals surface area contributed by atoms with Crippen LogP contribution >= 0.6 is 0 Å². The van der Waals surface area contributed by atoms with E-state index in [1.165, 1.54) is 10.8 Å². The molecule has 0 aliphatic heterocycles. The fourth-order valence-electron chi connectivity index (χ4n) is 2.37. The topological polar surface area (TPSA) is 30.7 Å². The van der Waals surface area contributed by atoms with Crippen LogP contribution in [0.3, 0.4) is 0 Å². The maximum absolute atomic E-state index is 4.24. The summed E-state index contributed by atoms with van der Waals surface area (Å²) in [6, 6.07) is 22.6. The number of rotatable bonds is 1. The van der Waals surface area contributed by atoms with E-state index in [0.29, 0.717) is 0 Å². The molecule has 4 rings (SSSR count). The van der Waals surface area contributed by atoms with E-state index in [9.17, 15) is 0 Å². The smallest absolute Gasteiger partial charge is 0.113 e. The molecule has 0 unspecified atom stereocenters. The van der Waals surface area contributed by atoms with Gasteiger partial charge in [-0.05, 0) is 35.0 Å². The van der Waals surface area contributed by atoms with Gasteiger partial charge >= 0.3 is 0 Å². The third kappa shape index (κ3) is 1.59. The fraction of sp³-hybridized carbons (Fsp3) is 0. The molecular formula is C16H11N3. The molecule has 0 radical (unpaired) electrons. The van der Waals surface area contributed by atoms with Crippen molar-refractivity contribution in [1.82, 2.24) is 15.0 Å². The average molecular weight is 245 g/mol. The van der Waals surface area contributed by atoms with Crippen LogP contribution in [-0.2, 0) is 0 Å². The van der Waals surface area contributed by atoms with Gasteiger partial charge in [0, 0.05) is 0 Å². The Morgan fingerprint density at radius 3 is 2.47 bits per heavy atom. The number of hydrogen-bond donors (Lipinski definition) is 0. The van der Waals surface area contributed by atoms with Crippen molar-refractivity contribution in [3.63, 3.8) is 0 Å². The molecule has 0 aliphatic carbocycles. The van der Waals surface area contributed by atoms with Crippen LogP contribution in [0.15, 0.2) is 66.7 Å². The normalized spacial score (nSPS) is 11.2. The molecule has 0 bridgehead atoms. The van der Waals surface area contributed by atoms with Crippen molar-refractivity contribution in [1.29, 1.82) is 0 Å². The zero-order valence-electron chi connectivity index (χ0n) is 10.2. The van der Waals surface area contributed by atoms with Crippen LogP contribution in [-0.4, -0.2) is 15.0 Å². The van der Waals surface area contributed by atoms with Gasteiger partial charge in [0.15, 0.2) is 0 Å². The van der Waals surface area contributed by atoms with E-state index in [1.807, 2.05) is 41.1 Å². The second kappa shape index (κ2) is 3.92. The Labute approximate surface area is 110 Å². The molecule has 0 spiro atoms. The summed E-state index contributed by atoms with van der Waals surface area (Å²) in [5, 5.41) is 10.9. The van der Waals surface area contributed by atoms with Gasteiger partial charge in [0.2, 0.25) is 0 Å². The summed E-state index contributed by atoms with van der Waals surface area (Å²) in [6.45, 7) is 0. The molecule has 0 N–H and O–H groups in total. The van der Waals surface area contributed by atoms with Crippen molar-refractivity contribution >= 4 is 21.8 Å². The second-order valence-electron chi connectivity index (χ2n) is 4.52. The minimum Gasteiger partial charge on any atom is -0.213 e. The van der Waals surface area contributed by atoms with Crippen molar-refractivity contribution in [2.24, 2.45) is 0 Å². The lowest BCUT2D eigenvalue weighted by molar-refractivity contribution is 0.825. The monoisotopic (exact) mass is 245 g/mol. The lowest BCUT2D eigenvalue weighted by Crippen LogP contribution is -1.96. The fourth-order valence-corrected chi connectivity index (χ4v) is 2.37. The first-order valence-corrected chi connectivity index (χ1v) is 6.21. The maximum atomic E-state index is 4.24. The lowest BCUT2D eigenvalue weighted by Gasteiger charge is -2.04. The van der Waals surface area contributed by atoms with E-state index in [0.717, 1.165) is 16.7 Å². The third-order valence-electron chi connectivity index (χ3n) is 3.33. The lowest BCUT2D eigenvalue weighted by atomic mass is 10.1. The summed E-state index contributed by atoms with van der Waals surface area (Å²) < 4.78 is 1.88. The average Bonchev–Trinajstić information content (AvgIpc) is 2.91. The predicted octanol–water partition coefficient (Wildman–Crippen LogP) is 3.57. The Morgan fingerprint density at radius 2 is 1.53 bits per heavy atom. The van der Waals surface area contributed by atoms with Gasteiger partial charge in [-0.3, -0.25) is 0 Å². The van der Waals surface area contributed by atoms with E-state index in [1.54, 1.807) is 0 Å². The van der Waals surface area contributed by atoms with Gasteiger partial charge in [0.05, 0.1) is 11.2 Å². The van der Waals surface area contributed by atoms with Gasteiger partial charge in [-0.15, -0.1) is 5.10 Å². The van der Waals surface area contributed by atoms with Crippen LogP contribution in [0.1, 0.15) is 0 Å². The Hall–Kier alpha value is -2.68. The molecule has 1 heterocycles. The number of para-hydroxylation sites is 1. The number of aromatic nitrogens is 3. The van der Waals surface area contributed by atoms with Crippen LogP contribution in [0.25, 0.3) is 27.5 Å². The van der Waals surface area contributed by atoms with Crippen molar-refractivity contribution in [3.8, 4) is 5.69 Å². The summed E-state index contributed by atoms with van der Waals surface area (Å²) in [4.78, 5) is 0. The van der Waals surface area contributed by atoms with Gasteiger partial charge in [0.1, 0.15) is 5.52 Å². The highest BCUT2D eigenvalue weighted by molar-refractivity contribution is 5.85. The largest absolute Gasteiger partial charge is 0.213 e. The highest BCUT2D eigenvalue weighted by atomic mass is 15.4. The first kappa shape index (κ1) is 10.3. The van der Waals surface area contributed by atoms with Crippen LogP contribution < -0.4 is 0 Å². The van der Waals surface area contributed by atoms with Gasteiger partial charge < -0.3 is 0 Å². The summed E-state index contributed by atoms with van der Waals surface area (Å²) in [7, 11) is 0. The third-order valence-corrected chi connectivity index (χ3v) is 3.33. The minimum absolute atomic E-state index is 0.913. The number of benzene rings is 3. The summed E-state index contributed by atoms with van der Waals surface area (Å²) in [5.41, 5.74) is 2.97.